The predicted octanol–water partition coefficient (Wildman–Crippen LogP) is 11.2. The lowest BCUT2D eigenvalue weighted by Gasteiger charge is -2.18. The second-order valence-electron chi connectivity index (χ2n) is 13.9. The summed E-state index contributed by atoms with van der Waals surface area (Å²) in [6.07, 6.45) is 15.6. The lowest BCUT2D eigenvalue weighted by atomic mass is 9.85. The minimum atomic E-state index is 1.16. The van der Waals surface area contributed by atoms with Crippen LogP contribution in [0.1, 0.15) is 0 Å². The van der Waals surface area contributed by atoms with Crippen LogP contribution in [-0.2, 0) is 0 Å². The lowest BCUT2D eigenvalue weighted by molar-refractivity contribution is 1.30. The van der Waals surface area contributed by atoms with Gasteiger partial charge in [-0.1, -0.05) is 48.5 Å². The van der Waals surface area contributed by atoms with Crippen molar-refractivity contribution >= 4 is 97.7 Å². The van der Waals surface area contributed by atoms with Gasteiger partial charge in [0.05, 0.1) is 33.1 Å². The maximum Gasteiger partial charge on any atom is 0.0622 e. The van der Waals surface area contributed by atoms with Crippen molar-refractivity contribution in [3.05, 3.63) is 147 Å². The summed E-state index contributed by atoms with van der Waals surface area (Å²) in [5, 5.41) is 14.3. The molecule has 0 atom stereocenters. The molecular formula is C46H24N6. The van der Waals surface area contributed by atoms with E-state index >= 15 is 0 Å². The molecule has 0 bridgehead atoms. The average molecular weight is 661 g/mol. The third-order valence-corrected chi connectivity index (χ3v) is 11.5. The number of hydrogen-bond donors (Lipinski definition) is 0. The van der Waals surface area contributed by atoms with Crippen molar-refractivity contribution in [1.29, 1.82) is 0 Å². The highest BCUT2D eigenvalue weighted by Gasteiger charge is 2.24. The first kappa shape index (κ1) is 26.7. The highest BCUT2D eigenvalue weighted by molar-refractivity contribution is 6.29. The summed E-state index contributed by atoms with van der Waals surface area (Å²) in [4.78, 5) is 18.3. The average Bonchev–Trinajstić information content (AvgIpc) is 3.93. The molecule has 0 aliphatic heterocycles. The molecule has 0 unspecified atom stereocenters. The molecule has 52 heavy (non-hydrogen) atoms. The molecule has 6 nitrogen and oxygen atoms in total. The molecule has 0 aliphatic rings. The molecule has 0 fully saturated rings. The van der Waals surface area contributed by atoms with E-state index in [1.165, 1.54) is 76.4 Å². The summed E-state index contributed by atoms with van der Waals surface area (Å²) in [6.45, 7) is 0. The van der Waals surface area contributed by atoms with Gasteiger partial charge in [-0.05, 0) is 92.3 Å². The molecule has 0 spiro atoms. The van der Waals surface area contributed by atoms with E-state index in [1.807, 2.05) is 49.6 Å². The van der Waals surface area contributed by atoms with Crippen LogP contribution in [0.5, 0.6) is 0 Å². The molecule has 0 radical (unpaired) electrons. The van der Waals surface area contributed by atoms with E-state index in [-0.39, 0.29) is 0 Å². The molecule has 8 aromatic heterocycles. The van der Waals surface area contributed by atoms with E-state index in [0.29, 0.717) is 0 Å². The van der Waals surface area contributed by atoms with Gasteiger partial charge in [-0.15, -0.1) is 0 Å². The van der Waals surface area contributed by atoms with Gasteiger partial charge in [0, 0.05) is 92.7 Å². The third-order valence-electron chi connectivity index (χ3n) is 11.5. The van der Waals surface area contributed by atoms with Crippen LogP contribution >= 0.6 is 0 Å². The second kappa shape index (κ2) is 9.33. The molecule has 0 saturated carbocycles. The Morgan fingerprint density at radius 1 is 0.308 bits per heavy atom. The maximum absolute atomic E-state index is 4.57. The molecule has 13 aromatic rings. The molecule has 0 saturated heterocycles. The van der Waals surface area contributed by atoms with Crippen molar-refractivity contribution in [2.75, 3.05) is 0 Å². The third kappa shape index (κ3) is 3.12. The zero-order chi connectivity index (χ0) is 33.7. The lowest BCUT2D eigenvalue weighted by Crippen LogP contribution is -1.91. The van der Waals surface area contributed by atoms with Crippen molar-refractivity contribution in [3.8, 4) is 22.3 Å². The standard InChI is InChI=1S/C46H24N6/c1-2-6-28-27(5-1)43(25-17-31-35-21-47-13-9-39(35)51-40-10-14-48-22-36(40)32(18-25)45(31)51)29-7-3-4-8-30(29)44(28)26-19-33-37-23-49-15-11-41(37)52-42-12-16-50-24-38(42)34(20-26)46(33)52/h1-24H. The summed E-state index contributed by atoms with van der Waals surface area (Å²) in [6, 6.07) is 35.8. The van der Waals surface area contributed by atoms with Crippen LogP contribution in [0.15, 0.2) is 147 Å². The van der Waals surface area contributed by atoms with Crippen LogP contribution in [0.3, 0.4) is 0 Å². The van der Waals surface area contributed by atoms with Gasteiger partial charge in [0.15, 0.2) is 0 Å². The van der Waals surface area contributed by atoms with Gasteiger partial charge in [-0.25, -0.2) is 0 Å². The first-order valence-corrected chi connectivity index (χ1v) is 17.5. The Hall–Kier alpha value is -7.18. The Kier molecular flexibility index (Phi) is 4.78. The smallest absolute Gasteiger partial charge is 0.0622 e. The van der Waals surface area contributed by atoms with Gasteiger partial charge in [0.1, 0.15) is 0 Å². The van der Waals surface area contributed by atoms with E-state index in [4.69, 9.17) is 0 Å². The summed E-state index contributed by atoms with van der Waals surface area (Å²) in [5.41, 5.74) is 11.9. The van der Waals surface area contributed by atoms with E-state index in [0.717, 1.165) is 43.6 Å². The molecule has 0 amide bonds. The molecule has 13 rings (SSSR count). The molecule has 0 aliphatic carbocycles. The number of fused-ring (bicyclic) bond motifs is 14. The first-order valence-electron chi connectivity index (χ1n) is 17.5. The van der Waals surface area contributed by atoms with Crippen molar-refractivity contribution in [2.24, 2.45) is 0 Å². The zero-order valence-electron chi connectivity index (χ0n) is 27.5. The van der Waals surface area contributed by atoms with Gasteiger partial charge < -0.3 is 8.80 Å². The van der Waals surface area contributed by atoms with Crippen molar-refractivity contribution < 1.29 is 0 Å². The molecule has 6 heteroatoms. The summed E-state index contributed by atoms with van der Waals surface area (Å²) < 4.78 is 4.75. The number of pyridine rings is 4. The molecule has 238 valence electrons. The van der Waals surface area contributed by atoms with Crippen molar-refractivity contribution in [2.45, 2.75) is 0 Å². The highest BCUT2D eigenvalue weighted by atomic mass is 14.9. The number of aromatic nitrogens is 6. The quantitative estimate of drug-likeness (QED) is 0.173. The normalized spacial score (nSPS) is 12.6. The summed E-state index contributed by atoms with van der Waals surface area (Å²) in [7, 11) is 0. The van der Waals surface area contributed by atoms with Crippen LogP contribution in [0, 0.1) is 0 Å². The van der Waals surface area contributed by atoms with Crippen LogP contribution in [0.2, 0.25) is 0 Å². The minimum Gasteiger partial charge on any atom is -0.308 e. The fourth-order valence-electron chi connectivity index (χ4n) is 9.51. The number of nitrogens with zero attached hydrogens (tertiary/aromatic N) is 6. The second-order valence-corrected chi connectivity index (χ2v) is 13.9. The van der Waals surface area contributed by atoms with E-state index in [2.05, 4.69) is 126 Å². The summed E-state index contributed by atoms with van der Waals surface area (Å²) in [5.74, 6) is 0. The fourth-order valence-corrected chi connectivity index (χ4v) is 9.51. The summed E-state index contributed by atoms with van der Waals surface area (Å²) >= 11 is 0. The molecular weight excluding hydrogens is 637 g/mol. The van der Waals surface area contributed by atoms with Crippen LogP contribution in [0.4, 0.5) is 0 Å². The topological polar surface area (TPSA) is 60.4 Å². The van der Waals surface area contributed by atoms with Crippen molar-refractivity contribution in [3.63, 3.8) is 0 Å². The van der Waals surface area contributed by atoms with Gasteiger partial charge in [0.2, 0.25) is 0 Å². The highest BCUT2D eigenvalue weighted by Crippen LogP contribution is 2.49. The molecule has 0 N–H and O–H groups in total. The van der Waals surface area contributed by atoms with E-state index in [9.17, 15) is 0 Å². The van der Waals surface area contributed by atoms with E-state index < -0.39 is 0 Å². The fraction of sp³-hybridized carbons (Fsp3) is 0. The van der Waals surface area contributed by atoms with Crippen LogP contribution < -0.4 is 0 Å². The Bertz CT molecular complexity index is 3180. The Morgan fingerprint density at radius 2 is 0.596 bits per heavy atom. The SMILES string of the molecule is c1ccc2c(-c3cc4c5cnccc5n5c6ccncc6c(c3)c45)c3ccccc3c(-c3cc4c5cnccc5n5c6ccncc6c(c3)c45)c2c1. The Morgan fingerprint density at radius 3 is 0.885 bits per heavy atom. The minimum absolute atomic E-state index is 1.16. The largest absolute Gasteiger partial charge is 0.308 e. The maximum atomic E-state index is 4.57. The predicted molar refractivity (Wildman–Crippen MR) is 213 cm³/mol. The first-order chi connectivity index (χ1) is 25.8. The number of hydrogen-bond acceptors (Lipinski definition) is 4. The monoisotopic (exact) mass is 660 g/mol. The van der Waals surface area contributed by atoms with Crippen LogP contribution in [-0.4, -0.2) is 28.7 Å². The zero-order valence-corrected chi connectivity index (χ0v) is 27.5. The molecule has 8 heterocycles. The Labute approximate surface area is 294 Å². The van der Waals surface area contributed by atoms with E-state index in [1.54, 1.807) is 0 Å². The van der Waals surface area contributed by atoms with Gasteiger partial charge in [-0.3, -0.25) is 19.9 Å². The van der Waals surface area contributed by atoms with Gasteiger partial charge >= 0.3 is 0 Å². The Balaban J connectivity index is 1.19. The number of benzene rings is 5. The van der Waals surface area contributed by atoms with Crippen LogP contribution in [0.25, 0.3) is 120 Å². The molecule has 5 aromatic carbocycles. The number of rotatable bonds is 2. The van der Waals surface area contributed by atoms with Gasteiger partial charge in [0.25, 0.3) is 0 Å². The van der Waals surface area contributed by atoms with Gasteiger partial charge in [-0.2, -0.15) is 0 Å². The van der Waals surface area contributed by atoms with Crippen molar-refractivity contribution in [1.82, 2.24) is 28.7 Å².